The molecule has 0 saturated carbocycles. The van der Waals surface area contributed by atoms with E-state index in [2.05, 4.69) is 38.9 Å². The van der Waals surface area contributed by atoms with Gasteiger partial charge >= 0.3 is 104 Å². The molecule has 0 aromatic rings. The maximum absolute atomic E-state index is 5.75. The van der Waals surface area contributed by atoms with E-state index in [0.29, 0.717) is 0 Å². The first kappa shape index (κ1) is 15.5. The van der Waals surface area contributed by atoms with E-state index >= 15 is 0 Å². The Labute approximate surface area is 103 Å². The summed E-state index contributed by atoms with van der Waals surface area (Å²) in [7, 11) is 0. The number of rotatable bonds is 9. The van der Waals surface area contributed by atoms with E-state index in [1.165, 1.54) is 0 Å². The van der Waals surface area contributed by atoms with Gasteiger partial charge in [0.05, 0.1) is 0 Å². The summed E-state index contributed by atoms with van der Waals surface area (Å²) < 4.78 is 17.2. The van der Waals surface area contributed by atoms with Gasteiger partial charge in [0.2, 0.25) is 0 Å². The van der Waals surface area contributed by atoms with E-state index in [-0.39, 0.29) is 0 Å². The summed E-state index contributed by atoms with van der Waals surface area (Å²) in [6.45, 7) is 8.59. The van der Waals surface area contributed by atoms with Gasteiger partial charge in [-0.1, -0.05) is 0 Å². The second-order valence-electron chi connectivity index (χ2n) is 3.03. The zero-order chi connectivity index (χ0) is 10.9. The van der Waals surface area contributed by atoms with Gasteiger partial charge in [0.15, 0.2) is 0 Å². The third kappa shape index (κ3) is 7.73. The van der Waals surface area contributed by atoms with Crippen molar-refractivity contribution in [3.8, 4) is 0 Å². The second kappa shape index (κ2) is 9.69. The minimum atomic E-state index is -3.22. The molecular weight excluding hydrogens is 461 g/mol. The monoisotopic (exact) mass is 484 g/mol. The average molecular weight is 483 g/mol. The van der Waals surface area contributed by atoms with Crippen molar-refractivity contribution in [1.82, 2.24) is 0 Å². The summed E-state index contributed by atoms with van der Waals surface area (Å²) in [5.41, 5.74) is 0. The van der Waals surface area contributed by atoms with Crippen molar-refractivity contribution in [1.29, 1.82) is 0 Å². The van der Waals surface area contributed by atoms with Crippen LogP contribution in [0, 0.1) is 0 Å². The van der Waals surface area contributed by atoms with Crippen LogP contribution >= 0.6 is 18.1 Å². The quantitative estimate of drug-likeness (QED) is 0.372. The molecule has 0 radical (unpaired) electrons. The van der Waals surface area contributed by atoms with Crippen LogP contribution in [0.5, 0.6) is 0 Å². The topological polar surface area (TPSA) is 27.7 Å². The van der Waals surface area contributed by atoms with Gasteiger partial charge in [0, 0.05) is 0 Å². The molecule has 0 aromatic carbocycles. The average Bonchev–Trinajstić information content (AvgIpc) is 2.21. The third-order valence-corrected chi connectivity index (χ3v) is 15.0. The van der Waals surface area contributed by atoms with E-state index in [0.717, 1.165) is 39.1 Å². The second-order valence-corrected chi connectivity index (χ2v) is 20.4. The maximum atomic E-state index is 5.75. The molecule has 0 aromatic heterocycles. The van der Waals surface area contributed by atoms with E-state index in [1.807, 2.05) is 0 Å². The van der Waals surface area contributed by atoms with Crippen molar-refractivity contribution in [3.05, 3.63) is 0 Å². The fraction of sp³-hybridized carbons (Fsp3) is 1.00. The first-order valence-electron chi connectivity index (χ1n) is 5.29. The molecule has 0 fully saturated rings. The number of hydrogen-bond donors (Lipinski definition) is 0. The summed E-state index contributed by atoms with van der Waals surface area (Å²) in [6.07, 6.45) is 3.07. The molecule has 0 rings (SSSR count). The molecule has 5 heteroatoms. The van der Waals surface area contributed by atoms with Gasteiger partial charge in [-0.15, -0.1) is 0 Å². The molecule has 86 valence electrons. The van der Waals surface area contributed by atoms with Crippen LogP contribution in [0.25, 0.3) is 0 Å². The van der Waals surface area contributed by atoms with Gasteiger partial charge in [0.25, 0.3) is 0 Å². The fourth-order valence-corrected chi connectivity index (χ4v) is 11.9. The number of hydrogen-bond acceptors (Lipinski definition) is 3. The molecule has 0 amide bonds. The van der Waals surface area contributed by atoms with Crippen LogP contribution in [0.3, 0.4) is 0 Å². The zero-order valence-corrected chi connectivity index (χ0v) is 15.1. The first-order chi connectivity index (χ1) is 6.68. The molecule has 3 nitrogen and oxygen atoms in total. The van der Waals surface area contributed by atoms with Gasteiger partial charge in [-0.25, -0.2) is 0 Å². The summed E-state index contributed by atoms with van der Waals surface area (Å²) in [6, 6.07) is 0. The molecule has 0 atom stereocenters. The Kier molecular flexibility index (Phi) is 10.7. The van der Waals surface area contributed by atoms with Crippen molar-refractivity contribution in [3.63, 3.8) is 0 Å². The van der Waals surface area contributed by atoms with Crippen LogP contribution in [0.4, 0.5) is 0 Å². The summed E-state index contributed by atoms with van der Waals surface area (Å²) in [4.78, 5) is 0. The van der Waals surface area contributed by atoms with Crippen LogP contribution in [-0.4, -0.2) is 19.8 Å². The molecule has 0 heterocycles. The van der Waals surface area contributed by atoms with Gasteiger partial charge in [0.1, 0.15) is 0 Å². The van der Waals surface area contributed by atoms with Crippen molar-refractivity contribution >= 4 is 18.1 Å². The van der Waals surface area contributed by atoms with E-state index in [1.54, 1.807) is 0 Å². The molecule has 0 aliphatic carbocycles. The standard InChI is InChI=1S/3C3H7O.Hf.HI/c3*1-2-3-4;;/h3*2-3H2,1H3;;1H/q3*-1;+4;/p-1. The van der Waals surface area contributed by atoms with Crippen LogP contribution in [0.15, 0.2) is 0 Å². The Hall–Kier alpha value is 1.48. The summed E-state index contributed by atoms with van der Waals surface area (Å²) in [5, 5.41) is 0. The molecule has 0 aliphatic heterocycles. The molecule has 0 N–H and O–H groups in total. The molecule has 0 saturated heterocycles. The van der Waals surface area contributed by atoms with Crippen molar-refractivity contribution in [2.45, 2.75) is 40.0 Å². The first-order valence-corrected chi connectivity index (χ1v) is 19.9. The van der Waals surface area contributed by atoms with Gasteiger partial charge in [-0.3, -0.25) is 0 Å². The van der Waals surface area contributed by atoms with Gasteiger partial charge < -0.3 is 0 Å². The Morgan fingerprint density at radius 3 is 1.29 bits per heavy atom. The SMILES string of the molecule is CCC[O][Hf]([I])([O]CCC)[O]CCC. The van der Waals surface area contributed by atoms with E-state index in [4.69, 9.17) is 8.56 Å². The Morgan fingerprint density at radius 1 is 0.786 bits per heavy atom. The number of halogens is 1. The molecule has 14 heavy (non-hydrogen) atoms. The predicted molar refractivity (Wildman–Crippen MR) is 62.7 cm³/mol. The van der Waals surface area contributed by atoms with Crippen LogP contribution in [0.2, 0.25) is 0 Å². The van der Waals surface area contributed by atoms with Crippen molar-refractivity contribution < 1.29 is 25.7 Å². The summed E-state index contributed by atoms with van der Waals surface area (Å²) in [5.74, 6) is 0. The normalized spacial score (nSPS) is 12.0. The molecule has 0 bridgehead atoms. The van der Waals surface area contributed by atoms with E-state index in [9.17, 15) is 0 Å². The van der Waals surface area contributed by atoms with E-state index < -0.39 is 17.1 Å². The Balaban J connectivity index is 3.89. The van der Waals surface area contributed by atoms with Gasteiger partial charge in [-0.2, -0.15) is 0 Å². The van der Waals surface area contributed by atoms with Crippen molar-refractivity contribution in [2.75, 3.05) is 19.8 Å². The molecule has 0 aliphatic rings. The van der Waals surface area contributed by atoms with Crippen LogP contribution < -0.4 is 0 Å². The third-order valence-electron chi connectivity index (χ3n) is 1.44. The van der Waals surface area contributed by atoms with Crippen LogP contribution in [-0.2, 0) is 25.7 Å². The van der Waals surface area contributed by atoms with Gasteiger partial charge in [-0.05, 0) is 0 Å². The molecule has 0 spiro atoms. The predicted octanol–water partition coefficient (Wildman–Crippen LogP) is 3.52. The molecular formula is C9H21HfIO3. The molecule has 0 unspecified atom stereocenters. The minimum absolute atomic E-state index is 0.762. The Bertz CT molecular complexity index is 113. The zero-order valence-electron chi connectivity index (χ0n) is 9.35. The fourth-order valence-electron chi connectivity index (χ4n) is 0.797. The van der Waals surface area contributed by atoms with Crippen LogP contribution in [0.1, 0.15) is 40.0 Å². The Morgan fingerprint density at radius 2 is 1.07 bits per heavy atom. The van der Waals surface area contributed by atoms with Crippen molar-refractivity contribution in [2.24, 2.45) is 0 Å². The summed E-state index contributed by atoms with van der Waals surface area (Å²) >= 11 is -0.922.